The van der Waals surface area contributed by atoms with E-state index in [0.717, 1.165) is 25.7 Å². The second-order valence-electron chi connectivity index (χ2n) is 3.94. The number of sulfonamides is 1. The molecule has 1 saturated carbocycles. The fourth-order valence-corrected chi connectivity index (χ4v) is 2.88. The first-order valence-electron chi connectivity index (χ1n) is 5.28. The van der Waals surface area contributed by atoms with E-state index in [-0.39, 0.29) is 5.25 Å². The molecule has 14 heavy (non-hydrogen) atoms. The lowest BCUT2D eigenvalue weighted by atomic mass is 10.0. The Balaban J connectivity index is 2.30. The number of nitrogens with one attached hydrogen (secondary N) is 1. The summed E-state index contributed by atoms with van der Waals surface area (Å²) in [6, 6.07) is 0. The summed E-state index contributed by atoms with van der Waals surface area (Å²) < 4.78 is 25.6. The highest BCUT2D eigenvalue weighted by atomic mass is 32.2. The Morgan fingerprint density at radius 2 is 2.14 bits per heavy atom. The Kier molecular flexibility index (Phi) is 4.34. The van der Waals surface area contributed by atoms with Crippen molar-refractivity contribution in [2.75, 3.05) is 13.1 Å². The van der Waals surface area contributed by atoms with Crippen molar-refractivity contribution in [2.45, 2.75) is 37.9 Å². The summed E-state index contributed by atoms with van der Waals surface area (Å²) in [6.45, 7) is 3.24. The number of rotatable bonds is 7. The maximum Gasteiger partial charge on any atom is 0.214 e. The van der Waals surface area contributed by atoms with Gasteiger partial charge in [-0.25, -0.2) is 13.1 Å². The molecule has 1 unspecified atom stereocenters. The molecule has 0 amide bonds. The molecule has 0 aromatic carbocycles. The van der Waals surface area contributed by atoms with Crippen LogP contribution in [0, 0.1) is 5.92 Å². The molecule has 0 bridgehead atoms. The average Bonchev–Trinajstić information content (AvgIpc) is 2.95. The molecular formula is C9H20N2O2S. The predicted molar refractivity (Wildman–Crippen MR) is 57.4 cm³/mol. The zero-order valence-corrected chi connectivity index (χ0v) is 9.52. The van der Waals surface area contributed by atoms with Gasteiger partial charge in [0.25, 0.3) is 0 Å². The van der Waals surface area contributed by atoms with Crippen LogP contribution in [0.3, 0.4) is 0 Å². The molecule has 4 nitrogen and oxygen atoms in total. The minimum absolute atomic E-state index is 0.113. The second-order valence-corrected chi connectivity index (χ2v) is 5.99. The van der Waals surface area contributed by atoms with Crippen molar-refractivity contribution in [2.24, 2.45) is 11.7 Å². The summed E-state index contributed by atoms with van der Waals surface area (Å²) in [6.07, 6.45) is 3.51. The van der Waals surface area contributed by atoms with Crippen molar-refractivity contribution in [1.82, 2.24) is 4.72 Å². The quantitative estimate of drug-likeness (QED) is 0.654. The van der Waals surface area contributed by atoms with Gasteiger partial charge in [0.05, 0.1) is 5.25 Å². The Bertz CT molecular complexity index is 260. The van der Waals surface area contributed by atoms with E-state index >= 15 is 0 Å². The van der Waals surface area contributed by atoms with Crippen LogP contribution in [0.4, 0.5) is 0 Å². The average molecular weight is 220 g/mol. The summed E-state index contributed by atoms with van der Waals surface area (Å²) in [5.74, 6) is 0.383. The van der Waals surface area contributed by atoms with Gasteiger partial charge in [0.2, 0.25) is 10.0 Å². The first-order chi connectivity index (χ1) is 6.60. The van der Waals surface area contributed by atoms with Gasteiger partial charge in [0.1, 0.15) is 0 Å². The van der Waals surface area contributed by atoms with E-state index in [9.17, 15) is 8.42 Å². The number of hydrogen-bond acceptors (Lipinski definition) is 3. The molecule has 0 heterocycles. The number of hydrogen-bond donors (Lipinski definition) is 2. The highest BCUT2D eigenvalue weighted by Gasteiger charge is 2.35. The van der Waals surface area contributed by atoms with Crippen LogP contribution in [-0.2, 0) is 10.0 Å². The van der Waals surface area contributed by atoms with Gasteiger partial charge in [-0.05, 0) is 31.7 Å². The molecule has 0 aliphatic heterocycles. The molecule has 0 aromatic heterocycles. The maximum atomic E-state index is 11.5. The zero-order valence-electron chi connectivity index (χ0n) is 8.70. The van der Waals surface area contributed by atoms with Crippen LogP contribution >= 0.6 is 0 Å². The van der Waals surface area contributed by atoms with E-state index in [1.54, 1.807) is 0 Å². The van der Waals surface area contributed by atoms with Crippen molar-refractivity contribution < 1.29 is 8.42 Å². The van der Waals surface area contributed by atoms with Crippen molar-refractivity contribution in [3.63, 3.8) is 0 Å². The van der Waals surface area contributed by atoms with Crippen LogP contribution in [0.25, 0.3) is 0 Å². The van der Waals surface area contributed by atoms with E-state index in [1.165, 1.54) is 0 Å². The lowest BCUT2D eigenvalue weighted by Gasteiger charge is -2.14. The standard InChI is InChI=1S/C9H20N2O2S/c1-2-8(5-6-10)7-11-14(12,13)9-3-4-9/h8-9,11H,2-7,10H2,1H3. The molecule has 3 N–H and O–H groups in total. The molecule has 1 fully saturated rings. The first kappa shape index (κ1) is 11.9. The summed E-state index contributed by atoms with van der Waals surface area (Å²) in [4.78, 5) is 0. The molecule has 0 saturated heterocycles. The second kappa shape index (κ2) is 5.09. The van der Waals surface area contributed by atoms with E-state index in [4.69, 9.17) is 5.73 Å². The summed E-state index contributed by atoms with van der Waals surface area (Å²) in [7, 11) is -3.00. The zero-order chi connectivity index (χ0) is 10.6. The Hall–Kier alpha value is -0.130. The summed E-state index contributed by atoms with van der Waals surface area (Å²) >= 11 is 0. The highest BCUT2D eigenvalue weighted by Crippen LogP contribution is 2.27. The minimum atomic E-state index is -3.00. The molecule has 0 aromatic rings. The van der Waals surface area contributed by atoms with Gasteiger partial charge in [0.15, 0.2) is 0 Å². The summed E-state index contributed by atoms with van der Waals surface area (Å²) in [5.41, 5.74) is 5.44. The largest absolute Gasteiger partial charge is 0.330 e. The third-order valence-corrected chi connectivity index (χ3v) is 4.61. The minimum Gasteiger partial charge on any atom is -0.330 e. The monoisotopic (exact) mass is 220 g/mol. The van der Waals surface area contributed by atoms with Gasteiger partial charge in [-0.2, -0.15) is 0 Å². The van der Waals surface area contributed by atoms with Crippen LogP contribution in [0.15, 0.2) is 0 Å². The van der Waals surface area contributed by atoms with Gasteiger partial charge in [0, 0.05) is 6.54 Å². The lowest BCUT2D eigenvalue weighted by molar-refractivity contribution is 0.465. The smallest absolute Gasteiger partial charge is 0.214 e. The van der Waals surface area contributed by atoms with Crippen molar-refractivity contribution >= 4 is 10.0 Å². The molecule has 0 radical (unpaired) electrons. The third-order valence-electron chi connectivity index (χ3n) is 2.69. The van der Waals surface area contributed by atoms with E-state index in [0.29, 0.717) is 19.0 Å². The van der Waals surface area contributed by atoms with Crippen LogP contribution in [-0.4, -0.2) is 26.8 Å². The molecule has 0 spiro atoms. The van der Waals surface area contributed by atoms with Gasteiger partial charge in [-0.1, -0.05) is 13.3 Å². The topological polar surface area (TPSA) is 72.2 Å². The molecule has 1 aliphatic carbocycles. The van der Waals surface area contributed by atoms with Crippen molar-refractivity contribution in [3.8, 4) is 0 Å². The molecule has 1 aliphatic rings. The van der Waals surface area contributed by atoms with E-state index in [2.05, 4.69) is 11.6 Å². The SMILES string of the molecule is CCC(CCN)CNS(=O)(=O)C1CC1. The van der Waals surface area contributed by atoms with E-state index in [1.807, 2.05) is 0 Å². The third kappa shape index (κ3) is 3.55. The molecule has 5 heteroatoms. The van der Waals surface area contributed by atoms with Crippen LogP contribution in [0.5, 0.6) is 0 Å². The first-order valence-corrected chi connectivity index (χ1v) is 6.83. The molecular weight excluding hydrogens is 200 g/mol. The Labute approximate surface area is 86.3 Å². The van der Waals surface area contributed by atoms with Crippen LogP contribution in [0.2, 0.25) is 0 Å². The van der Waals surface area contributed by atoms with Gasteiger partial charge in [-0.15, -0.1) is 0 Å². The molecule has 1 rings (SSSR count). The summed E-state index contributed by atoms with van der Waals surface area (Å²) in [5, 5.41) is -0.113. The Morgan fingerprint density at radius 3 is 2.57 bits per heavy atom. The van der Waals surface area contributed by atoms with Crippen LogP contribution < -0.4 is 10.5 Å². The van der Waals surface area contributed by atoms with E-state index < -0.39 is 10.0 Å². The van der Waals surface area contributed by atoms with Gasteiger partial charge < -0.3 is 5.73 Å². The lowest BCUT2D eigenvalue weighted by Crippen LogP contribution is -2.32. The normalized spacial score (nSPS) is 19.6. The fourth-order valence-electron chi connectivity index (χ4n) is 1.42. The molecule has 1 atom stereocenters. The van der Waals surface area contributed by atoms with Gasteiger partial charge >= 0.3 is 0 Å². The van der Waals surface area contributed by atoms with Crippen molar-refractivity contribution in [3.05, 3.63) is 0 Å². The Morgan fingerprint density at radius 1 is 1.50 bits per heavy atom. The van der Waals surface area contributed by atoms with Crippen LogP contribution in [0.1, 0.15) is 32.6 Å². The molecule has 84 valence electrons. The fraction of sp³-hybridized carbons (Fsp3) is 1.00. The van der Waals surface area contributed by atoms with Crippen molar-refractivity contribution in [1.29, 1.82) is 0 Å². The maximum absolute atomic E-state index is 11.5. The predicted octanol–water partition coefficient (Wildman–Crippen LogP) is 0.443. The highest BCUT2D eigenvalue weighted by molar-refractivity contribution is 7.90. The number of nitrogens with two attached hydrogens (primary N) is 1. The van der Waals surface area contributed by atoms with Gasteiger partial charge in [-0.3, -0.25) is 0 Å².